The maximum Gasteiger partial charge on any atom is 0.416 e. The Kier molecular flexibility index (Phi) is 11.5. The van der Waals surface area contributed by atoms with E-state index < -0.39 is 46.2 Å². The average molecular weight is 731 g/mol. The second-order valence-electron chi connectivity index (χ2n) is 11.4. The highest BCUT2D eigenvalue weighted by atomic mass is 79.9. The Hall–Kier alpha value is -4.16. The Labute approximate surface area is 281 Å². The molecular weight excluding hydrogens is 695 g/mol. The van der Waals surface area contributed by atoms with Crippen LogP contribution in [0.3, 0.4) is 0 Å². The van der Waals surface area contributed by atoms with Crippen LogP contribution in [0, 0.1) is 6.92 Å². The summed E-state index contributed by atoms with van der Waals surface area (Å²) in [5, 5.41) is 2.87. The fourth-order valence-electron chi connectivity index (χ4n) is 4.97. The van der Waals surface area contributed by atoms with Crippen LogP contribution in [-0.4, -0.2) is 43.8 Å². The number of amides is 2. The molecule has 0 aromatic heterocycles. The van der Waals surface area contributed by atoms with Gasteiger partial charge in [-0.25, -0.2) is 8.42 Å². The van der Waals surface area contributed by atoms with Gasteiger partial charge in [-0.2, -0.15) is 13.2 Å². The van der Waals surface area contributed by atoms with Crippen LogP contribution in [0.5, 0.6) is 0 Å². The summed E-state index contributed by atoms with van der Waals surface area (Å²) < 4.78 is 70.9. The summed E-state index contributed by atoms with van der Waals surface area (Å²) in [7, 11) is -4.55. The molecule has 0 saturated carbocycles. The van der Waals surface area contributed by atoms with Gasteiger partial charge in [0.15, 0.2) is 0 Å². The highest BCUT2D eigenvalue weighted by Gasteiger charge is 2.36. The van der Waals surface area contributed by atoms with Crippen molar-refractivity contribution in [1.29, 1.82) is 0 Å². The van der Waals surface area contributed by atoms with Gasteiger partial charge in [-0.15, -0.1) is 0 Å². The molecule has 1 atom stereocenters. The average Bonchev–Trinajstić information content (AvgIpc) is 3.01. The topological polar surface area (TPSA) is 86.8 Å². The van der Waals surface area contributed by atoms with Crippen LogP contribution in [-0.2, 0) is 38.8 Å². The Balaban J connectivity index is 1.85. The van der Waals surface area contributed by atoms with Crippen molar-refractivity contribution in [2.24, 2.45) is 0 Å². The Morgan fingerprint density at radius 1 is 0.851 bits per heavy atom. The lowest BCUT2D eigenvalue weighted by Crippen LogP contribution is -2.54. The van der Waals surface area contributed by atoms with Gasteiger partial charge in [-0.1, -0.05) is 82.2 Å². The van der Waals surface area contributed by atoms with Crippen LogP contribution in [0.1, 0.15) is 36.1 Å². The first-order valence-electron chi connectivity index (χ1n) is 14.8. The van der Waals surface area contributed by atoms with Crippen molar-refractivity contribution >= 4 is 43.5 Å². The number of sulfonamides is 1. The minimum atomic E-state index is -4.76. The number of hydrogen-bond donors (Lipinski definition) is 1. The monoisotopic (exact) mass is 729 g/mol. The third-order valence-corrected chi connectivity index (χ3v) is 9.57. The van der Waals surface area contributed by atoms with E-state index in [1.165, 1.54) is 23.1 Å². The van der Waals surface area contributed by atoms with Crippen LogP contribution in [0.15, 0.2) is 112 Å². The zero-order chi connectivity index (χ0) is 34.4. The third kappa shape index (κ3) is 9.45. The Bertz CT molecular complexity index is 1800. The van der Waals surface area contributed by atoms with Crippen LogP contribution >= 0.6 is 15.9 Å². The SMILES string of the molecule is Cc1ccc(S(=O)(=O)N(CC(=O)N(Cc2cccc(Br)c2)C(Cc2ccccc2)C(=O)NC(C)C)c2cccc(C(F)(F)F)c2)cc1. The van der Waals surface area contributed by atoms with E-state index >= 15 is 0 Å². The van der Waals surface area contributed by atoms with Gasteiger partial charge in [0.05, 0.1) is 16.1 Å². The van der Waals surface area contributed by atoms with Gasteiger partial charge in [-0.3, -0.25) is 13.9 Å². The number of carbonyl (C=O) groups is 2. The highest BCUT2D eigenvalue weighted by Crippen LogP contribution is 2.33. The molecule has 7 nitrogen and oxygen atoms in total. The lowest BCUT2D eigenvalue weighted by atomic mass is 10.0. The number of carbonyl (C=O) groups excluding carboxylic acids is 2. The normalized spacial score (nSPS) is 12.4. The summed E-state index contributed by atoms with van der Waals surface area (Å²) in [4.78, 5) is 29.3. The van der Waals surface area contributed by atoms with Crippen LogP contribution in [0.2, 0.25) is 0 Å². The quantitative estimate of drug-likeness (QED) is 0.168. The fraction of sp³-hybridized carbons (Fsp3) is 0.257. The molecule has 0 bridgehead atoms. The van der Waals surface area contributed by atoms with Gasteiger partial charge in [0.2, 0.25) is 11.8 Å². The maximum absolute atomic E-state index is 14.5. The van der Waals surface area contributed by atoms with E-state index in [4.69, 9.17) is 0 Å². The number of rotatable bonds is 12. The Morgan fingerprint density at radius 2 is 1.49 bits per heavy atom. The second kappa shape index (κ2) is 15.2. The van der Waals surface area contributed by atoms with Crippen molar-refractivity contribution in [2.75, 3.05) is 10.8 Å². The number of nitrogens with zero attached hydrogens (tertiary/aromatic N) is 2. The predicted octanol–water partition coefficient (Wildman–Crippen LogP) is 7.14. The number of halogens is 4. The standard InChI is InChI=1S/C35H35BrF3N3O4S/c1-24(2)40-34(44)32(20-26-9-5-4-6-10-26)41(22-27-11-7-13-29(36)19-27)33(43)23-42(30-14-8-12-28(21-30)35(37,38)39)47(45,46)31-17-15-25(3)16-18-31/h4-19,21,24,32H,20,22-23H2,1-3H3,(H,40,44). The summed E-state index contributed by atoms with van der Waals surface area (Å²) in [5.41, 5.74) is 0.754. The molecule has 2 amide bonds. The summed E-state index contributed by atoms with van der Waals surface area (Å²) in [6, 6.07) is 24.4. The van der Waals surface area contributed by atoms with E-state index in [1.807, 2.05) is 18.2 Å². The zero-order valence-corrected chi connectivity index (χ0v) is 28.4. The Morgan fingerprint density at radius 3 is 2.11 bits per heavy atom. The largest absolute Gasteiger partial charge is 0.416 e. The molecule has 0 heterocycles. The minimum absolute atomic E-state index is 0.0811. The molecule has 4 aromatic rings. The van der Waals surface area contributed by atoms with Gasteiger partial charge >= 0.3 is 6.18 Å². The van der Waals surface area contributed by atoms with Crippen molar-refractivity contribution < 1.29 is 31.2 Å². The van der Waals surface area contributed by atoms with Gasteiger partial charge in [-0.05, 0) is 74.4 Å². The molecule has 4 rings (SSSR count). The molecule has 0 fully saturated rings. The molecule has 0 radical (unpaired) electrons. The second-order valence-corrected chi connectivity index (χ2v) is 14.2. The van der Waals surface area contributed by atoms with E-state index in [9.17, 15) is 31.2 Å². The number of benzene rings is 4. The first-order chi connectivity index (χ1) is 22.1. The number of anilines is 1. The molecule has 47 heavy (non-hydrogen) atoms. The van der Waals surface area contributed by atoms with Crippen LogP contribution in [0.4, 0.5) is 18.9 Å². The number of aryl methyl sites for hydroxylation is 1. The number of alkyl halides is 3. The zero-order valence-electron chi connectivity index (χ0n) is 26.0. The molecule has 248 valence electrons. The molecule has 12 heteroatoms. The predicted molar refractivity (Wildman–Crippen MR) is 179 cm³/mol. The highest BCUT2D eigenvalue weighted by molar-refractivity contribution is 9.10. The first-order valence-corrected chi connectivity index (χ1v) is 17.0. The molecule has 0 saturated heterocycles. The summed E-state index contributed by atoms with van der Waals surface area (Å²) >= 11 is 3.43. The van der Waals surface area contributed by atoms with Crippen molar-refractivity contribution in [1.82, 2.24) is 10.2 Å². The lowest BCUT2D eigenvalue weighted by Gasteiger charge is -2.34. The minimum Gasteiger partial charge on any atom is -0.352 e. The van der Waals surface area contributed by atoms with Crippen LogP contribution in [0.25, 0.3) is 0 Å². The molecule has 0 aliphatic heterocycles. The third-order valence-electron chi connectivity index (χ3n) is 7.29. The molecule has 0 aliphatic rings. The smallest absolute Gasteiger partial charge is 0.352 e. The van der Waals surface area contributed by atoms with Crippen molar-refractivity contribution in [2.45, 2.75) is 56.9 Å². The van der Waals surface area contributed by atoms with Crippen molar-refractivity contribution in [3.8, 4) is 0 Å². The van der Waals surface area contributed by atoms with Crippen LogP contribution < -0.4 is 9.62 Å². The summed E-state index contributed by atoms with van der Waals surface area (Å²) in [5.74, 6) is -1.24. The lowest BCUT2D eigenvalue weighted by molar-refractivity contribution is -0.140. The number of hydrogen-bond acceptors (Lipinski definition) is 4. The molecule has 1 unspecified atom stereocenters. The summed E-state index contributed by atoms with van der Waals surface area (Å²) in [6.45, 7) is 4.37. The molecule has 4 aromatic carbocycles. The summed E-state index contributed by atoms with van der Waals surface area (Å²) in [6.07, 6.45) is -4.66. The van der Waals surface area contributed by atoms with E-state index in [0.717, 1.165) is 27.7 Å². The molecule has 1 N–H and O–H groups in total. The maximum atomic E-state index is 14.5. The van der Waals surface area contributed by atoms with Gasteiger partial charge in [0, 0.05) is 23.5 Å². The van der Waals surface area contributed by atoms with E-state index in [1.54, 1.807) is 69.3 Å². The van der Waals surface area contributed by atoms with Crippen molar-refractivity contribution in [3.05, 3.63) is 130 Å². The first kappa shape index (κ1) is 35.7. The molecule has 0 spiro atoms. The molecule has 0 aliphatic carbocycles. The number of nitrogens with one attached hydrogen (secondary N) is 1. The fourth-order valence-corrected chi connectivity index (χ4v) is 6.82. The van der Waals surface area contributed by atoms with E-state index in [-0.39, 0.29) is 29.6 Å². The van der Waals surface area contributed by atoms with Gasteiger partial charge < -0.3 is 10.2 Å². The van der Waals surface area contributed by atoms with E-state index in [2.05, 4.69) is 21.2 Å². The van der Waals surface area contributed by atoms with Gasteiger partial charge in [0.25, 0.3) is 10.0 Å². The van der Waals surface area contributed by atoms with Crippen molar-refractivity contribution in [3.63, 3.8) is 0 Å². The molecular formula is C35H35BrF3N3O4S. The van der Waals surface area contributed by atoms with Gasteiger partial charge in [0.1, 0.15) is 12.6 Å². The van der Waals surface area contributed by atoms with E-state index in [0.29, 0.717) is 15.9 Å².